The fourth-order valence-corrected chi connectivity index (χ4v) is 5.69. The van der Waals surface area contributed by atoms with Gasteiger partial charge in [0, 0.05) is 28.8 Å². The van der Waals surface area contributed by atoms with Gasteiger partial charge in [-0.25, -0.2) is 0 Å². The number of nitrogens with zero attached hydrogens (tertiary/aromatic N) is 2. The summed E-state index contributed by atoms with van der Waals surface area (Å²) in [5, 5.41) is 15.4. The molecule has 1 N–H and O–H groups in total. The summed E-state index contributed by atoms with van der Waals surface area (Å²) < 4.78 is 5.45. The Morgan fingerprint density at radius 1 is 1.27 bits per heavy atom. The molecule has 5 rings (SSSR count). The number of anilines is 1. The Labute approximate surface area is 174 Å². The summed E-state index contributed by atoms with van der Waals surface area (Å²) in [4.78, 5) is 27.7. The third kappa shape index (κ3) is 2.40. The first-order chi connectivity index (χ1) is 14.6. The van der Waals surface area contributed by atoms with E-state index >= 15 is 0 Å². The Hall–Kier alpha value is -3.37. The predicted molar refractivity (Wildman–Crippen MR) is 111 cm³/mol. The molecule has 0 unspecified atom stereocenters. The van der Waals surface area contributed by atoms with Crippen molar-refractivity contribution in [2.24, 2.45) is 0 Å². The van der Waals surface area contributed by atoms with Gasteiger partial charge in [-0.2, -0.15) is 0 Å². The average molecular weight is 403 g/mol. The number of nitrogens with one attached hydrogen (secondary N) is 1. The molecule has 2 aromatic rings. The van der Waals surface area contributed by atoms with Crippen LogP contribution in [0.1, 0.15) is 29.9 Å². The summed E-state index contributed by atoms with van der Waals surface area (Å²) in [7, 11) is 0. The summed E-state index contributed by atoms with van der Waals surface area (Å²) in [5.41, 5.74) is 0.930. The first-order valence-corrected chi connectivity index (χ1v) is 10.1. The van der Waals surface area contributed by atoms with Crippen LogP contribution >= 0.6 is 0 Å². The van der Waals surface area contributed by atoms with Crippen LogP contribution in [-0.2, 0) is 10.3 Å². The number of terminal acetylenes is 1. The topological polar surface area (TPSA) is 84.7 Å². The van der Waals surface area contributed by atoms with Crippen LogP contribution in [0.25, 0.3) is 0 Å². The molecule has 0 saturated carbocycles. The van der Waals surface area contributed by atoms with Crippen LogP contribution in [0, 0.1) is 22.5 Å². The van der Waals surface area contributed by atoms with Crippen molar-refractivity contribution in [3.63, 3.8) is 0 Å². The number of hydrogen-bond acceptors (Lipinski definition) is 5. The number of fused-ring (bicyclic) bond motifs is 4. The van der Waals surface area contributed by atoms with Crippen molar-refractivity contribution in [1.29, 1.82) is 0 Å². The maximum Gasteiger partial charge on any atom is 0.256 e. The lowest BCUT2D eigenvalue weighted by Crippen LogP contribution is -2.55. The van der Waals surface area contributed by atoms with E-state index in [2.05, 4.69) is 16.1 Å². The third-order valence-electron chi connectivity index (χ3n) is 6.68. The summed E-state index contributed by atoms with van der Waals surface area (Å²) in [6, 6.07) is 13.5. The molecule has 0 bridgehead atoms. The Kier molecular flexibility index (Phi) is 4.26. The Bertz CT molecular complexity index is 1060. The lowest BCUT2D eigenvalue weighted by atomic mass is 9.77. The molecular weight excluding hydrogens is 382 g/mol. The second-order valence-corrected chi connectivity index (χ2v) is 7.99. The van der Waals surface area contributed by atoms with Crippen molar-refractivity contribution >= 4 is 11.6 Å². The zero-order valence-electron chi connectivity index (χ0n) is 16.3. The highest BCUT2D eigenvalue weighted by atomic mass is 16.6. The molecule has 7 heteroatoms. The molecule has 0 aromatic heterocycles. The van der Waals surface area contributed by atoms with Gasteiger partial charge >= 0.3 is 0 Å². The number of hydrogen-bond donors (Lipinski definition) is 1. The van der Waals surface area contributed by atoms with E-state index in [0.29, 0.717) is 23.5 Å². The second-order valence-electron chi connectivity index (χ2n) is 7.99. The SMILES string of the molecule is C#CCOc1ccc([C@H]2[C@H]([N+](=O)[O-])[C@]3(C(=O)Nc4ccccc43)N3CCC[C@@H]23)cc1. The van der Waals surface area contributed by atoms with E-state index in [1.54, 1.807) is 12.1 Å². The van der Waals surface area contributed by atoms with E-state index in [1.165, 1.54) is 0 Å². The van der Waals surface area contributed by atoms with Gasteiger partial charge in [0.15, 0.2) is 5.54 Å². The van der Waals surface area contributed by atoms with Gasteiger partial charge in [0.1, 0.15) is 12.4 Å². The molecule has 3 aliphatic heterocycles. The van der Waals surface area contributed by atoms with Crippen molar-refractivity contribution in [2.45, 2.75) is 36.4 Å². The zero-order chi connectivity index (χ0) is 20.9. The average Bonchev–Trinajstić information content (AvgIpc) is 3.40. The molecule has 0 aliphatic carbocycles. The van der Waals surface area contributed by atoms with Gasteiger partial charge in [0.25, 0.3) is 11.9 Å². The highest BCUT2D eigenvalue weighted by Gasteiger charge is 2.73. The number of carbonyl (C=O) groups excluding carboxylic acids is 1. The van der Waals surface area contributed by atoms with E-state index in [1.807, 2.05) is 36.4 Å². The molecule has 4 atom stereocenters. The molecule has 1 amide bonds. The Morgan fingerprint density at radius 3 is 2.77 bits per heavy atom. The number of benzene rings is 2. The quantitative estimate of drug-likeness (QED) is 0.482. The van der Waals surface area contributed by atoms with Crippen LogP contribution in [0.5, 0.6) is 5.75 Å². The lowest BCUT2D eigenvalue weighted by Gasteiger charge is -2.32. The van der Waals surface area contributed by atoms with Crippen molar-refractivity contribution < 1.29 is 14.5 Å². The standard InChI is InChI=1S/C23H21N3O4/c1-2-14-30-16-11-9-15(10-12-16)20-19-8-5-13-25(19)23(21(20)26(28)29)17-6-3-4-7-18(17)24-22(23)27/h1,3-4,6-7,9-12,19-21H,5,8,13-14H2,(H,24,27)/t19-,20+,21-,23+/m0/s1. The lowest BCUT2D eigenvalue weighted by molar-refractivity contribution is -0.534. The second kappa shape index (κ2) is 6.85. The summed E-state index contributed by atoms with van der Waals surface area (Å²) in [6.45, 7) is 0.827. The van der Waals surface area contributed by atoms with Crippen LogP contribution in [0.15, 0.2) is 48.5 Å². The first kappa shape index (κ1) is 18.6. The number of amides is 1. The Morgan fingerprint density at radius 2 is 2.03 bits per heavy atom. The van der Waals surface area contributed by atoms with E-state index in [-0.39, 0.29) is 23.5 Å². The third-order valence-corrected chi connectivity index (χ3v) is 6.68. The molecule has 1 spiro atoms. The van der Waals surface area contributed by atoms with Gasteiger partial charge < -0.3 is 10.1 Å². The summed E-state index contributed by atoms with van der Waals surface area (Å²) in [6.07, 6.45) is 6.97. The maximum absolute atomic E-state index is 13.4. The monoisotopic (exact) mass is 403 g/mol. The number of nitro groups is 1. The number of ether oxygens (including phenoxy) is 1. The van der Waals surface area contributed by atoms with Gasteiger partial charge in [-0.05, 0) is 36.6 Å². The van der Waals surface area contributed by atoms with Crippen molar-refractivity contribution in [3.05, 3.63) is 69.8 Å². The van der Waals surface area contributed by atoms with E-state index in [9.17, 15) is 14.9 Å². The summed E-state index contributed by atoms with van der Waals surface area (Å²) in [5.74, 6) is 2.34. The van der Waals surface area contributed by atoms with Crippen LogP contribution in [0.3, 0.4) is 0 Å². The molecule has 0 radical (unpaired) electrons. The van der Waals surface area contributed by atoms with Crippen LogP contribution in [0.4, 0.5) is 5.69 Å². The fraction of sp³-hybridized carbons (Fsp3) is 0.348. The minimum Gasteiger partial charge on any atom is -0.481 e. The number of carbonyl (C=O) groups is 1. The van der Waals surface area contributed by atoms with Crippen LogP contribution in [0.2, 0.25) is 0 Å². The van der Waals surface area contributed by atoms with Crippen molar-refractivity contribution in [1.82, 2.24) is 4.90 Å². The minimum atomic E-state index is -1.29. The molecule has 2 saturated heterocycles. The molecule has 2 aromatic carbocycles. The smallest absolute Gasteiger partial charge is 0.256 e. The molecule has 152 valence electrons. The van der Waals surface area contributed by atoms with E-state index < -0.39 is 17.5 Å². The molecular formula is C23H21N3O4. The maximum atomic E-state index is 13.4. The van der Waals surface area contributed by atoms with Gasteiger partial charge in [-0.3, -0.25) is 19.8 Å². The predicted octanol–water partition coefficient (Wildman–Crippen LogP) is 2.75. The number of para-hydroxylation sites is 1. The molecule has 3 heterocycles. The van der Waals surface area contributed by atoms with Gasteiger partial charge in [-0.15, -0.1) is 6.42 Å². The molecule has 30 heavy (non-hydrogen) atoms. The van der Waals surface area contributed by atoms with Crippen molar-refractivity contribution in [2.75, 3.05) is 18.5 Å². The minimum absolute atomic E-state index is 0.0743. The van der Waals surface area contributed by atoms with Crippen LogP contribution in [-0.4, -0.2) is 41.0 Å². The molecule has 3 aliphatic rings. The van der Waals surface area contributed by atoms with Gasteiger partial charge in [0.2, 0.25) is 0 Å². The molecule has 7 nitrogen and oxygen atoms in total. The van der Waals surface area contributed by atoms with Gasteiger partial charge in [0.05, 0.1) is 5.92 Å². The van der Waals surface area contributed by atoms with E-state index in [4.69, 9.17) is 11.2 Å². The van der Waals surface area contributed by atoms with Gasteiger partial charge in [-0.1, -0.05) is 36.3 Å². The molecule has 2 fully saturated rings. The van der Waals surface area contributed by atoms with E-state index in [0.717, 1.165) is 18.4 Å². The largest absolute Gasteiger partial charge is 0.481 e. The van der Waals surface area contributed by atoms with Crippen LogP contribution < -0.4 is 10.1 Å². The normalized spacial score (nSPS) is 29.3. The fourth-order valence-electron chi connectivity index (χ4n) is 5.69. The first-order valence-electron chi connectivity index (χ1n) is 10.1. The highest BCUT2D eigenvalue weighted by molar-refractivity contribution is 6.07. The summed E-state index contributed by atoms with van der Waals surface area (Å²) >= 11 is 0. The number of rotatable bonds is 4. The Balaban J connectivity index is 1.64. The zero-order valence-corrected chi connectivity index (χ0v) is 16.3. The van der Waals surface area contributed by atoms with Crippen molar-refractivity contribution in [3.8, 4) is 18.1 Å². The highest BCUT2D eigenvalue weighted by Crippen LogP contribution is 2.57.